The molecule has 1 aromatic rings. The summed E-state index contributed by atoms with van der Waals surface area (Å²) in [6.07, 6.45) is 0.319. The summed E-state index contributed by atoms with van der Waals surface area (Å²) in [5.74, 6) is -0.971. The van der Waals surface area contributed by atoms with Crippen molar-refractivity contribution < 1.29 is 14.7 Å². The first-order valence-corrected chi connectivity index (χ1v) is 6.97. The minimum absolute atomic E-state index is 0.0164. The number of carboxylic acids is 1. The van der Waals surface area contributed by atoms with Crippen LogP contribution >= 0.6 is 0 Å². The molecule has 1 amide bonds. The number of rotatable bonds is 7. The van der Waals surface area contributed by atoms with Crippen molar-refractivity contribution in [1.29, 1.82) is 0 Å². The lowest BCUT2D eigenvalue weighted by Crippen LogP contribution is -2.31. The molecule has 1 atom stereocenters. The molecule has 0 heterocycles. The zero-order valence-corrected chi connectivity index (χ0v) is 12.4. The smallest absolute Gasteiger partial charge is 0.303 e. The van der Waals surface area contributed by atoms with Gasteiger partial charge in [0.2, 0.25) is 5.91 Å². The van der Waals surface area contributed by atoms with Crippen LogP contribution < -0.4 is 0 Å². The topological polar surface area (TPSA) is 57.6 Å². The molecule has 0 aliphatic carbocycles. The average Bonchev–Trinajstić information content (AvgIpc) is 2.34. The van der Waals surface area contributed by atoms with Gasteiger partial charge in [-0.25, -0.2) is 0 Å². The van der Waals surface area contributed by atoms with Gasteiger partial charge in [0.25, 0.3) is 0 Å². The molecule has 1 rings (SSSR count). The highest BCUT2D eigenvalue weighted by atomic mass is 16.4. The van der Waals surface area contributed by atoms with Crippen LogP contribution in [-0.4, -0.2) is 28.4 Å². The number of aliphatic carboxylic acids is 1. The fraction of sp³-hybridized carbons (Fsp3) is 0.500. The van der Waals surface area contributed by atoms with Crippen LogP contribution in [0.5, 0.6) is 0 Å². The number of carboxylic acid groups (broad SMARTS) is 1. The fourth-order valence-electron chi connectivity index (χ4n) is 2.20. The van der Waals surface area contributed by atoms with Crippen LogP contribution in [0.25, 0.3) is 0 Å². The van der Waals surface area contributed by atoms with Crippen molar-refractivity contribution in [2.45, 2.75) is 40.2 Å². The van der Waals surface area contributed by atoms with Crippen molar-refractivity contribution in [3.8, 4) is 0 Å². The number of amides is 1. The molecule has 0 spiro atoms. The SMILES string of the molecule is CCN(Cc1cccc(C)c1)C(=O)CC(C)CC(=O)O. The van der Waals surface area contributed by atoms with Gasteiger partial charge in [-0.15, -0.1) is 0 Å². The van der Waals surface area contributed by atoms with Gasteiger partial charge in [0, 0.05) is 25.9 Å². The summed E-state index contributed by atoms with van der Waals surface area (Å²) >= 11 is 0. The van der Waals surface area contributed by atoms with Crippen LogP contribution in [0.15, 0.2) is 24.3 Å². The lowest BCUT2D eigenvalue weighted by atomic mass is 10.0. The summed E-state index contributed by atoms with van der Waals surface area (Å²) in [4.78, 5) is 24.6. The molecule has 0 saturated carbocycles. The van der Waals surface area contributed by atoms with E-state index in [1.165, 1.54) is 5.56 Å². The van der Waals surface area contributed by atoms with Gasteiger partial charge in [0.1, 0.15) is 0 Å². The van der Waals surface area contributed by atoms with Crippen molar-refractivity contribution in [2.24, 2.45) is 5.92 Å². The molecule has 20 heavy (non-hydrogen) atoms. The van der Waals surface area contributed by atoms with Crippen molar-refractivity contribution >= 4 is 11.9 Å². The molecule has 4 heteroatoms. The van der Waals surface area contributed by atoms with E-state index in [9.17, 15) is 9.59 Å². The van der Waals surface area contributed by atoms with Gasteiger partial charge in [-0.1, -0.05) is 36.8 Å². The maximum absolute atomic E-state index is 12.2. The van der Waals surface area contributed by atoms with E-state index in [-0.39, 0.29) is 24.7 Å². The Morgan fingerprint density at radius 2 is 2.00 bits per heavy atom. The van der Waals surface area contributed by atoms with Crippen LogP contribution in [0.1, 0.15) is 37.8 Å². The van der Waals surface area contributed by atoms with E-state index < -0.39 is 5.97 Å². The van der Waals surface area contributed by atoms with Crippen LogP contribution in [0, 0.1) is 12.8 Å². The Morgan fingerprint density at radius 1 is 1.30 bits per heavy atom. The van der Waals surface area contributed by atoms with Crippen molar-refractivity contribution in [2.75, 3.05) is 6.54 Å². The molecule has 1 N–H and O–H groups in total. The predicted molar refractivity (Wildman–Crippen MR) is 78.3 cm³/mol. The molecule has 0 radical (unpaired) electrons. The fourth-order valence-corrected chi connectivity index (χ4v) is 2.20. The second-order valence-electron chi connectivity index (χ2n) is 5.30. The molecular weight excluding hydrogens is 254 g/mol. The molecule has 0 aliphatic rings. The van der Waals surface area contributed by atoms with Crippen LogP contribution in [0.4, 0.5) is 0 Å². The van der Waals surface area contributed by atoms with Crippen LogP contribution in [0.2, 0.25) is 0 Å². The molecule has 1 unspecified atom stereocenters. The van der Waals surface area contributed by atoms with Gasteiger partial charge in [-0.3, -0.25) is 9.59 Å². The summed E-state index contributed by atoms with van der Waals surface area (Å²) in [6.45, 7) is 6.97. The summed E-state index contributed by atoms with van der Waals surface area (Å²) in [5.41, 5.74) is 2.27. The number of hydrogen-bond donors (Lipinski definition) is 1. The lowest BCUT2D eigenvalue weighted by molar-refractivity contribution is -0.138. The first-order chi connectivity index (χ1) is 9.42. The maximum atomic E-state index is 12.2. The van der Waals surface area contributed by atoms with E-state index in [1.807, 2.05) is 32.0 Å². The second kappa shape index (κ2) is 7.68. The number of benzene rings is 1. The highest BCUT2D eigenvalue weighted by Crippen LogP contribution is 2.13. The zero-order chi connectivity index (χ0) is 15.1. The van der Waals surface area contributed by atoms with E-state index in [0.717, 1.165) is 5.56 Å². The van der Waals surface area contributed by atoms with E-state index in [1.54, 1.807) is 11.8 Å². The van der Waals surface area contributed by atoms with E-state index in [2.05, 4.69) is 6.07 Å². The van der Waals surface area contributed by atoms with Gasteiger partial charge >= 0.3 is 5.97 Å². The van der Waals surface area contributed by atoms with Crippen molar-refractivity contribution in [1.82, 2.24) is 4.90 Å². The third-order valence-corrected chi connectivity index (χ3v) is 3.24. The quantitative estimate of drug-likeness (QED) is 0.833. The standard InChI is InChI=1S/C16H23NO3/c1-4-17(11-14-7-5-6-12(2)8-14)15(18)9-13(3)10-16(19)20/h5-8,13H,4,9-11H2,1-3H3,(H,19,20). The highest BCUT2D eigenvalue weighted by Gasteiger charge is 2.17. The largest absolute Gasteiger partial charge is 0.481 e. The zero-order valence-electron chi connectivity index (χ0n) is 12.4. The third kappa shape index (κ3) is 5.43. The Bertz CT molecular complexity index is 471. The Morgan fingerprint density at radius 3 is 2.55 bits per heavy atom. The van der Waals surface area contributed by atoms with Crippen molar-refractivity contribution in [3.05, 3.63) is 35.4 Å². The maximum Gasteiger partial charge on any atom is 0.303 e. The second-order valence-corrected chi connectivity index (χ2v) is 5.30. The minimum atomic E-state index is -0.855. The Kier molecular flexibility index (Phi) is 6.22. The average molecular weight is 277 g/mol. The lowest BCUT2D eigenvalue weighted by Gasteiger charge is -2.22. The van der Waals surface area contributed by atoms with Gasteiger partial charge in [-0.05, 0) is 25.3 Å². The normalized spacial score (nSPS) is 11.9. The summed E-state index contributed by atoms with van der Waals surface area (Å²) in [7, 11) is 0. The predicted octanol–water partition coefficient (Wildman–Crippen LogP) is 2.84. The van der Waals surface area contributed by atoms with E-state index in [4.69, 9.17) is 5.11 Å². The molecule has 0 bridgehead atoms. The van der Waals surface area contributed by atoms with Crippen molar-refractivity contribution in [3.63, 3.8) is 0 Å². The van der Waals surface area contributed by atoms with E-state index >= 15 is 0 Å². The monoisotopic (exact) mass is 277 g/mol. The Hall–Kier alpha value is -1.84. The third-order valence-electron chi connectivity index (χ3n) is 3.24. The Labute approximate surface area is 120 Å². The number of aryl methyl sites for hydroxylation is 1. The molecule has 1 aromatic carbocycles. The molecule has 4 nitrogen and oxygen atoms in total. The highest BCUT2D eigenvalue weighted by molar-refractivity contribution is 5.77. The van der Waals surface area contributed by atoms with Gasteiger partial charge in [0.05, 0.1) is 0 Å². The van der Waals surface area contributed by atoms with Gasteiger partial charge < -0.3 is 10.0 Å². The Balaban J connectivity index is 2.61. The first kappa shape index (κ1) is 16.2. The minimum Gasteiger partial charge on any atom is -0.481 e. The molecular formula is C16H23NO3. The summed E-state index contributed by atoms with van der Waals surface area (Å²) in [5, 5.41) is 8.73. The summed E-state index contributed by atoms with van der Waals surface area (Å²) in [6, 6.07) is 8.08. The molecule has 0 aliphatic heterocycles. The van der Waals surface area contributed by atoms with Crippen LogP contribution in [0.3, 0.4) is 0 Å². The van der Waals surface area contributed by atoms with Gasteiger partial charge in [0.15, 0.2) is 0 Å². The van der Waals surface area contributed by atoms with E-state index in [0.29, 0.717) is 13.1 Å². The molecule has 0 fully saturated rings. The van der Waals surface area contributed by atoms with Gasteiger partial charge in [-0.2, -0.15) is 0 Å². The number of carbonyl (C=O) groups excluding carboxylic acids is 1. The molecule has 0 aromatic heterocycles. The number of hydrogen-bond acceptors (Lipinski definition) is 2. The number of carbonyl (C=O) groups is 2. The first-order valence-electron chi connectivity index (χ1n) is 6.97. The molecule has 110 valence electrons. The number of nitrogens with zero attached hydrogens (tertiary/aromatic N) is 1. The van der Waals surface area contributed by atoms with Crippen LogP contribution in [-0.2, 0) is 16.1 Å². The molecule has 0 saturated heterocycles. The summed E-state index contributed by atoms with van der Waals surface area (Å²) < 4.78 is 0.